The minimum atomic E-state index is -0.732. The van der Waals surface area contributed by atoms with Crippen molar-refractivity contribution in [3.05, 3.63) is 52.0 Å². The lowest BCUT2D eigenvalue weighted by Gasteiger charge is -2.20. The van der Waals surface area contributed by atoms with Gasteiger partial charge >= 0.3 is 0 Å². The van der Waals surface area contributed by atoms with E-state index in [4.69, 9.17) is 32.7 Å². The highest BCUT2D eigenvalue weighted by Crippen LogP contribution is 2.34. The second-order valence-corrected chi connectivity index (χ2v) is 7.68. The summed E-state index contributed by atoms with van der Waals surface area (Å²) in [5.74, 6) is 0.616. The van der Waals surface area contributed by atoms with Crippen molar-refractivity contribution in [1.82, 2.24) is 5.32 Å². The van der Waals surface area contributed by atoms with Crippen LogP contribution in [0.15, 0.2) is 36.4 Å². The second kappa shape index (κ2) is 8.71. The molecular formula is C20H20Cl2N2O4. The summed E-state index contributed by atoms with van der Waals surface area (Å²) in [5.41, 5.74) is 0.817. The Labute approximate surface area is 173 Å². The predicted molar refractivity (Wildman–Crippen MR) is 108 cm³/mol. The summed E-state index contributed by atoms with van der Waals surface area (Å²) in [6.07, 6.45) is 0.466. The molecule has 0 saturated heterocycles. The highest BCUT2D eigenvalue weighted by molar-refractivity contribution is 6.36. The van der Waals surface area contributed by atoms with Gasteiger partial charge in [-0.05, 0) is 42.7 Å². The van der Waals surface area contributed by atoms with E-state index < -0.39 is 11.9 Å². The molecule has 1 heterocycles. The van der Waals surface area contributed by atoms with Crippen LogP contribution in [-0.2, 0) is 4.79 Å². The molecule has 2 N–H and O–H groups in total. The quantitative estimate of drug-likeness (QED) is 0.717. The number of benzene rings is 2. The topological polar surface area (TPSA) is 76.7 Å². The van der Waals surface area contributed by atoms with Gasteiger partial charge in [0, 0.05) is 16.8 Å². The first-order valence-electron chi connectivity index (χ1n) is 8.80. The molecule has 3 rings (SSSR count). The zero-order valence-electron chi connectivity index (χ0n) is 15.4. The first-order chi connectivity index (χ1) is 13.3. The maximum atomic E-state index is 12.8. The third kappa shape index (κ3) is 4.88. The average Bonchev–Trinajstić information content (AvgIpc) is 3.08. The monoisotopic (exact) mass is 422 g/mol. The third-order valence-corrected chi connectivity index (χ3v) is 4.69. The first kappa shape index (κ1) is 20.3. The van der Waals surface area contributed by atoms with Crippen LogP contribution in [0.25, 0.3) is 0 Å². The van der Waals surface area contributed by atoms with Crippen LogP contribution in [0.1, 0.15) is 30.6 Å². The number of nitrogens with one attached hydrogen (secondary N) is 2. The fourth-order valence-corrected chi connectivity index (χ4v) is 3.31. The Morgan fingerprint density at radius 2 is 1.82 bits per heavy atom. The maximum Gasteiger partial charge on any atom is 0.253 e. The first-order valence-corrected chi connectivity index (χ1v) is 9.55. The smallest absolute Gasteiger partial charge is 0.253 e. The number of hydrogen-bond acceptors (Lipinski definition) is 4. The van der Waals surface area contributed by atoms with Crippen LogP contribution >= 0.6 is 23.2 Å². The molecule has 0 radical (unpaired) electrons. The summed E-state index contributed by atoms with van der Waals surface area (Å²) < 4.78 is 10.6. The van der Waals surface area contributed by atoms with Crippen LogP contribution < -0.4 is 20.1 Å². The van der Waals surface area contributed by atoms with Crippen molar-refractivity contribution < 1.29 is 19.1 Å². The van der Waals surface area contributed by atoms with Gasteiger partial charge in [0.25, 0.3) is 5.91 Å². The molecule has 28 heavy (non-hydrogen) atoms. The van der Waals surface area contributed by atoms with E-state index >= 15 is 0 Å². The van der Waals surface area contributed by atoms with E-state index in [0.717, 1.165) is 0 Å². The Morgan fingerprint density at radius 3 is 2.54 bits per heavy atom. The van der Waals surface area contributed by atoms with Crippen LogP contribution in [-0.4, -0.2) is 24.6 Å². The molecule has 0 fully saturated rings. The normalized spacial score (nSPS) is 13.3. The molecule has 1 aliphatic rings. The summed E-state index contributed by atoms with van der Waals surface area (Å²) in [4.78, 5) is 25.4. The van der Waals surface area contributed by atoms with E-state index in [1.54, 1.807) is 24.3 Å². The minimum Gasteiger partial charge on any atom is -0.454 e. The van der Waals surface area contributed by atoms with E-state index in [2.05, 4.69) is 10.6 Å². The largest absolute Gasteiger partial charge is 0.454 e. The van der Waals surface area contributed by atoms with E-state index in [1.807, 2.05) is 13.8 Å². The molecule has 0 spiro atoms. The van der Waals surface area contributed by atoms with E-state index in [1.165, 1.54) is 12.1 Å². The van der Waals surface area contributed by atoms with Crippen molar-refractivity contribution in [3.63, 3.8) is 0 Å². The molecule has 2 amide bonds. The molecule has 6 nitrogen and oxygen atoms in total. The predicted octanol–water partition coefficient (Wildman–Crippen LogP) is 4.51. The van der Waals surface area contributed by atoms with Crippen LogP contribution in [0.4, 0.5) is 5.69 Å². The number of rotatable bonds is 6. The molecule has 0 saturated carbocycles. The van der Waals surface area contributed by atoms with Gasteiger partial charge in [-0.25, -0.2) is 0 Å². The Hall–Kier alpha value is -2.44. The molecule has 1 atom stereocenters. The van der Waals surface area contributed by atoms with Gasteiger partial charge in [0.05, 0.1) is 10.6 Å². The van der Waals surface area contributed by atoms with E-state index in [9.17, 15) is 9.59 Å². The summed E-state index contributed by atoms with van der Waals surface area (Å²) in [7, 11) is 0. The zero-order valence-corrected chi connectivity index (χ0v) is 16.9. The number of carbonyl (C=O) groups excluding carboxylic acids is 2. The number of fused-ring (bicyclic) bond motifs is 1. The Kier molecular flexibility index (Phi) is 6.31. The number of halogens is 2. The second-order valence-electron chi connectivity index (χ2n) is 6.84. The summed E-state index contributed by atoms with van der Waals surface area (Å²) in [6, 6.07) is 8.99. The average molecular weight is 423 g/mol. The number of amides is 2. The van der Waals surface area contributed by atoms with Gasteiger partial charge in [-0.1, -0.05) is 37.0 Å². The van der Waals surface area contributed by atoms with Gasteiger partial charge < -0.3 is 20.1 Å². The van der Waals surface area contributed by atoms with Gasteiger partial charge in [-0.3, -0.25) is 9.59 Å². The van der Waals surface area contributed by atoms with E-state index in [-0.39, 0.29) is 29.2 Å². The Morgan fingerprint density at radius 1 is 1.07 bits per heavy atom. The zero-order chi connectivity index (χ0) is 20.3. The highest BCUT2D eigenvalue weighted by atomic mass is 35.5. The number of ether oxygens (including phenoxy) is 2. The lowest BCUT2D eigenvalue weighted by Crippen LogP contribution is -2.44. The molecule has 1 unspecified atom stereocenters. The van der Waals surface area contributed by atoms with Crippen molar-refractivity contribution in [2.24, 2.45) is 5.92 Å². The van der Waals surface area contributed by atoms with Crippen molar-refractivity contribution in [2.75, 3.05) is 12.1 Å². The standard InChI is InChI=1S/C20H20Cl2N2O4/c1-11(2)7-16(24-19(25)14-5-3-12(21)8-15(14)22)20(26)23-13-4-6-17-18(9-13)28-10-27-17/h3-6,8-9,11,16H,7,10H2,1-2H3,(H,23,26)(H,24,25). The highest BCUT2D eigenvalue weighted by Gasteiger charge is 2.24. The van der Waals surface area contributed by atoms with Gasteiger partial charge in [0.1, 0.15) is 6.04 Å². The van der Waals surface area contributed by atoms with Crippen LogP contribution in [0, 0.1) is 5.92 Å². The third-order valence-electron chi connectivity index (χ3n) is 4.14. The van der Waals surface area contributed by atoms with Crippen LogP contribution in [0.3, 0.4) is 0 Å². The molecule has 8 heteroatoms. The van der Waals surface area contributed by atoms with Crippen molar-refractivity contribution in [2.45, 2.75) is 26.3 Å². The minimum absolute atomic E-state index is 0.153. The number of carbonyl (C=O) groups is 2. The van der Waals surface area contributed by atoms with Gasteiger partial charge in [-0.15, -0.1) is 0 Å². The molecule has 0 aliphatic carbocycles. The molecular weight excluding hydrogens is 403 g/mol. The lowest BCUT2D eigenvalue weighted by molar-refractivity contribution is -0.118. The van der Waals surface area contributed by atoms with Gasteiger partial charge in [-0.2, -0.15) is 0 Å². The molecule has 2 aromatic carbocycles. The van der Waals surface area contributed by atoms with Crippen molar-refractivity contribution in [3.8, 4) is 11.5 Å². The Bertz CT molecular complexity index is 902. The van der Waals surface area contributed by atoms with Crippen molar-refractivity contribution in [1.29, 1.82) is 0 Å². The summed E-state index contributed by atoms with van der Waals surface area (Å²) in [5, 5.41) is 6.23. The van der Waals surface area contributed by atoms with Gasteiger partial charge in [0.15, 0.2) is 11.5 Å². The van der Waals surface area contributed by atoms with Crippen molar-refractivity contribution >= 4 is 40.7 Å². The molecule has 2 aromatic rings. The Balaban J connectivity index is 1.73. The fraction of sp³-hybridized carbons (Fsp3) is 0.300. The maximum absolute atomic E-state index is 12.8. The fourth-order valence-electron chi connectivity index (χ4n) is 2.82. The number of hydrogen-bond donors (Lipinski definition) is 2. The summed E-state index contributed by atoms with van der Waals surface area (Å²) in [6.45, 7) is 4.10. The molecule has 0 bridgehead atoms. The van der Waals surface area contributed by atoms with Crippen LogP contribution in [0.5, 0.6) is 11.5 Å². The number of anilines is 1. The summed E-state index contributed by atoms with van der Waals surface area (Å²) >= 11 is 12.0. The molecule has 148 valence electrons. The van der Waals surface area contributed by atoms with Gasteiger partial charge in [0.2, 0.25) is 12.7 Å². The molecule has 0 aromatic heterocycles. The SMILES string of the molecule is CC(C)CC(NC(=O)c1ccc(Cl)cc1Cl)C(=O)Nc1ccc2c(c1)OCO2. The van der Waals surface area contributed by atoms with Crippen LogP contribution in [0.2, 0.25) is 10.0 Å². The van der Waals surface area contributed by atoms with E-state index in [0.29, 0.717) is 28.6 Å². The molecule has 1 aliphatic heterocycles. The lowest BCUT2D eigenvalue weighted by atomic mass is 10.0.